The van der Waals surface area contributed by atoms with Crippen molar-refractivity contribution in [2.24, 2.45) is 13.0 Å². The Labute approximate surface area is 178 Å². The Morgan fingerprint density at radius 3 is 2.42 bits per heavy atom. The van der Waals surface area contributed by atoms with Crippen molar-refractivity contribution in [3.8, 4) is 0 Å². The number of halogens is 3. The molecular formula is C19H20Br3NO3. The first-order valence-corrected chi connectivity index (χ1v) is 10.5. The lowest BCUT2D eigenvalue weighted by Gasteiger charge is -2.11. The highest BCUT2D eigenvalue weighted by atomic mass is 79.9. The summed E-state index contributed by atoms with van der Waals surface area (Å²) in [5.41, 5.74) is 2.68. The van der Waals surface area contributed by atoms with E-state index in [-0.39, 0.29) is 18.2 Å². The van der Waals surface area contributed by atoms with E-state index in [2.05, 4.69) is 47.8 Å². The molecule has 0 spiro atoms. The highest BCUT2D eigenvalue weighted by molar-refractivity contribution is 9.13. The molecule has 0 unspecified atom stereocenters. The smallest absolute Gasteiger partial charge is 0.311 e. The van der Waals surface area contributed by atoms with Gasteiger partial charge >= 0.3 is 5.97 Å². The van der Waals surface area contributed by atoms with Crippen molar-refractivity contribution >= 4 is 59.5 Å². The van der Waals surface area contributed by atoms with Gasteiger partial charge in [0.1, 0.15) is 0 Å². The summed E-state index contributed by atoms with van der Waals surface area (Å²) in [5.74, 6) is -0.107. The Morgan fingerprint density at radius 2 is 1.81 bits per heavy atom. The second kappa shape index (κ2) is 8.85. The van der Waals surface area contributed by atoms with Gasteiger partial charge in [0, 0.05) is 31.7 Å². The normalized spacial score (nSPS) is 11.1. The minimum absolute atomic E-state index is 0.110. The Hall–Kier alpha value is -0.920. The zero-order chi connectivity index (χ0) is 19.6. The van der Waals surface area contributed by atoms with Crippen LogP contribution in [0.2, 0.25) is 0 Å². The van der Waals surface area contributed by atoms with Gasteiger partial charge in [-0.15, -0.1) is 0 Å². The number of carbonyl (C=O) groups is 2. The van der Waals surface area contributed by atoms with Crippen LogP contribution in [0.3, 0.4) is 0 Å². The number of nitrogens with zero attached hydrogens (tertiary/aromatic N) is 1. The van der Waals surface area contributed by atoms with E-state index in [1.54, 1.807) is 17.7 Å². The molecule has 1 aromatic carbocycles. The van der Waals surface area contributed by atoms with E-state index in [0.717, 1.165) is 20.2 Å². The first-order chi connectivity index (χ1) is 12.1. The quantitative estimate of drug-likeness (QED) is 0.268. The van der Waals surface area contributed by atoms with Gasteiger partial charge in [-0.25, -0.2) is 0 Å². The number of aromatic nitrogens is 1. The predicted molar refractivity (Wildman–Crippen MR) is 113 cm³/mol. The van der Waals surface area contributed by atoms with Crippen LogP contribution in [-0.2, 0) is 23.0 Å². The van der Waals surface area contributed by atoms with E-state index in [1.165, 1.54) is 0 Å². The van der Waals surface area contributed by atoms with Gasteiger partial charge in [-0.05, 0) is 68.5 Å². The third kappa shape index (κ3) is 4.87. The molecule has 0 radical (unpaired) electrons. The SMILES string of the molecule is Cc1cc(CC(=O)OCC(C)C)n(C)c1C(=O)c1cc(Br)cc(Br)c1Br. The topological polar surface area (TPSA) is 48.3 Å². The molecule has 0 aliphatic carbocycles. The molecule has 0 N–H and O–H groups in total. The molecule has 7 heteroatoms. The van der Waals surface area contributed by atoms with Crippen LogP contribution < -0.4 is 0 Å². The molecule has 1 aromatic heterocycles. The van der Waals surface area contributed by atoms with Crippen molar-refractivity contribution in [1.82, 2.24) is 4.57 Å². The lowest BCUT2D eigenvalue weighted by atomic mass is 10.1. The van der Waals surface area contributed by atoms with Crippen LogP contribution in [0.1, 0.15) is 41.2 Å². The largest absolute Gasteiger partial charge is 0.465 e. The Morgan fingerprint density at radius 1 is 1.15 bits per heavy atom. The molecule has 1 heterocycles. The predicted octanol–water partition coefficient (Wildman–Crippen LogP) is 5.59. The molecule has 0 aliphatic rings. The number of rotatable bonds is 6. The molecule has 0 atom stereocenters. The third-order valence-corrected chi connectivity index (χ3v) is 6.35. The average Bonchev–Trinajstić information content (AvgIpc) is 2.82. The van der Waals surface area contributed by atoms with Crippen LogP contribution in [0.15, 0.2) is 31.6 Å². The highest BCUT2D eigenvalue weighted by Gasteiger charge is 2.23. The summed E-state index contributed by atoms with van der Waals surface area (Å²) in [5, 5.41) is 0. The zero-order valence-electron chi connectivity index (χ0n) is 15.0. The number of benzene rings is 1. The number of ether oxygens (including phenoxy) is 1. The summed E-state index contributed by atoms with van der Waals surface area (Å²) >= 11 is 10.3. The number of carbonyl (C=O) groups excluding carboxylic acids is 2. The Balaban J connectivity index is 2.33. The van der Waals surface area contributed by atoms with Crippen molar-refractivity contribution in [2.45, 2.75) is 27.2 Å². The summed E-state index contributed by atoms with van der Waals surface area (Å²) < 4.78 is 9.32. The van der Waals surface area contributed by atoms with Gasteiger partial charge in [-0.1, -0.05) is 29.8 Å². The van der Waals surface area contributed by atoms with E-state index < -0.39 is 0 Å². The summed E-state index contributed by atoms with van der Waals surface area (Å²) in [4.78, 5) is 25.2. The second-order valence-corrected chi connectivity index (χ2v) is 9.12. The first-order valence-electron chi connectivity index (χ1n) is 8.11. The Kier molecular flexibility index (Phi) is 7.27. The molecule has 0 amide bonds. The van der Waals surface area contributed by atoms with Gasteiger partial charge in [0.15, 0.2) is 0 Å². The molecular weight excluding hydrogens is 530 g/mol. The van der Waals surface area contributed by atoms with Gasteiger partial charge in [0.2, 0.25) is 5.78 Å². The fraction of sp³-hybridized carbons (Fsp3) is 0.368. The lowest BCUT2D eigenvalue weighted by Crippen LogP contribution is -2.16. The molecule has 2 rings (SSSR count). The van der Waals surface area contributed by atoms with Gasteiger partial charge in [-0.2, -0.15) is 0 Å². The maximum atomic E-state index is 13.1. The van der Waals surface area contributed by atoms with Crippen LogP contribution in [0.5, 0.6) is 0 Å². The molecule has 140 valence electrons. The van der Waals surface area contributed by atoms with Crippen LogP contribution in [0, 0.1) is 12.8 Å². The summed E-state index contributed by atoms with van der Waals surface area (Å²) in [6.07, 6.45) is 0.140. The van der Waals surface area contributed by atoms with Crippen molar-refractivity contribution in [3.05, 3.63) is 54.1 Å². The van der Waals surface area contributed by atoms with Crippen LogP contribution in [-0.4, -0.2) is 22.9 Å². The molecule has 0 bridgehead atoms. The minimum atomic E-state index is -0.287. The number of aryl methyl sites for hydroxylation is 1. The Bertz CT molecular complexity index is 856. The van der Waals surface area contributed by atoms with Crippen molar-refractivity contribution in [1.29, 1.82) is 0 Å². The lowest BCUT2D eigenvalue weighted by molar-refractivity contribution is -0.144. The number of hydrogen-bond donors (Lipinski definition) is 0. The summed E-state index contributed by atoms with van der Waals surface area (Å²) in [7, 11) is 1.80. The molecule has 0 aliphatic heterocycles. The molecule has 0 saturated carbocycles. The monoisotopic (exact) mass is 547 g/mol. The van der Waals surface area contributed by atoms with E-state index in [4.69, 9.17) is 4.74 Å². The highest BCUT2D eigenvalue weighted by Crippen LogP contribution is 2.33. The zero-order valence-corrected chi connectivity index (χ0v) is 19.8. The van der Waals surface area contributed by atoms with E-state index in [9.17, 15) is 9.59 Å². The molecule has 0 fully saturated rings. The van der Waals surface area contributed by atoms with E-state index in [0.29, 0.717) is 28.3 Å². The maximum Gasteiger partial charge on any atom is 0.311 e. The standard InChI is InChI=1S/C19H20Br3NO3/c1-10(2)9-26-16(24)8-13-5-11(3)18(23(13)4)19(25)14-6-12(20)7-15(21)17(14)22/h5-7,10H,8-9H2,1-4H3. The third-order valence-electron chi connectivity index (χ3n) is 3.88. The maximum absolute atomic E-state index is 13.1. The van der Waals surface area contributed by atoms with E-state index in [1.807, 2.05) is 32.9 Å². The van der Waals surface area contributed by atoms with Crippen LogP contribution in [0.4, 0.5) is 0 Å². The molecule has 4 nitrogen and oxygen atoms in total. The van der Waals surface area contributed by atoms with Gasteiger partial charge in [0.25, 0.3) is 0 Å². The first kappa shape index (κ1) is 21.4. The van der Waals surface area contributed by atoms with Gasteiger partial charge in [0.05, 0.1) is 18.7 Å². The van der Waals surface area contributed by atoms with Gasteiger partial charge in [-0.3, -0.25) is 9.59 Å². The molecule has 2 aromatic rings. The van der Waals surface area contributed by atoms with Crippen molar-refractivity contribution in [3.63, 3.8) is 0 Å². The van der Waals surface area contributed by atoms with Crippen molar-refractivity contribution in [2.75, 3.05) is 6.61 Å². The summed E-state index contributed by atoms with van der Waals surface area (Å²) in [6.45, 7) is 6.25. The molecule has 0 saturated heterocycles. The van der Waals surface area contributed by atoms with E-state index >= 15 is 0 Å². The van der Waals surface area contributed by atoms with Crippen LogP contribution >= 0.6 is 47.8 Å². The fourth-order valence-electron chi connectivity index (χ4n) is 2.63. The summed E-state index contributed by atoms with van der Waals surface area (Å²) in [6, 6.07) is 5.51. The minimum Gasteiger partial charge on any atom is -0.465 e. The fourth-order valence-corrected chi connectivity index (χ4v) is 4.27. The van der Waals surface area contributed by atoms with Gasteiger partial charge < -0.3 is 9.30 Å². The average molecular weight is 550 g/mol. The van der Waals surface area contributed by atoms with Crippen molar-refractivity contribution < 1.29 is 14.3 Å². The number of ketones is 1. The van der Waals surface area contributed by atoms with Crippen LogP contribution in [0.25, 0.3) is 0 Å². The number of hydrogen-bond acceptors (Lipinski definition) is 3. The second-order valence-electron chi connectivity index (χ2n) is 6.56. The molecule has 26 heavy (non-hydrogen) atoms. The number of esters is 1.